The van der Waals surface area contributed by atoms with Gasteiger partial charge in [-0.2, -0.15) is 5.10 Å². The van der Waals surface area contributed by atoms with Crippen molar-refractivity contribution < 1.29 is 0 Å². The molecule has 0 amide bonds. The van der Waals surface area contributed by atoms with E-state index in [2.05, 4.69) is 60.6 Å². The molecule has 0 radical (unpaired) electrons. The molecular weight excluding hydrogens is 268 g/mol. The summed E-state index contributed by atoms with van der Waals surface area (Å²) in [5, 5.41) is 6.58. The number of aryl methyl sites for hydroxylation is 1. The van der Waals surface area contributed by atoms with Crippen molar-refractivity contribution in [1.82, 2.24) is 19.6 Å². The first kappa shape index (κ1) is 15.2. The molecule has 0 saturated heterocycles. The van der Waals surface area contributed by atoms with Gasteiger partial charge in [-0.3, -0.25) is 9.58 Å². The van der Waals surface area contributed by atoms with Gasteiger partial charge >= 0.3 is 0 Å². The number of hydrogen-bond donors (Lipinski definition) is 0. The summed E-state index contributed by atoms with van der Waals surface area (Å²) < 4.78 is 1.98. The molecule has 0 aliphatic heterocycles. The number of nitrogens with zero attached hydrogens (tertiary/aromatic N) is 4. The molecule has 2 aromatic heterocycles. The van der Waals surface area contributed by atoms with Crippen LogP contribution in [0.25, 0.3) is 0 Å². The zero-order valence-electron chi connectivity index (χ0n) is 12.8. The minimum absolute atomic E-state index is 0.933. The van der Waals surface area contributed by atoms with E-state index >= 15 is 0 Å². The molecule has 2 aromatic rings. The lowest BCUT2D eigenvalue weighted by Gasteiger charge is -2.14. The van der Waals surface area contributed by atoms with Crippen molar-refractivity contribution in [3.63, 3.8) is 0 Å². The first-order valence-electron chi connectivity index (χ1n) is 6.97. The number of hydrogen-bond acceptors (Lipinski definition) is 4. The van der Waals surface area contributed by atoms with Crippen molar-refractivity contribution in [1.29, 1.82) is 0 Å². The molecule has 0 aliphatic carbocycles. The second-order valence-electron chi connectivity index (χ2n) is 5.54. The van der Waals surface area contributed by atoms with E-state index in [1.807, 2.05) is 22.2 Å². The standard InChI is InChI=1S/C15H24N4S/c1-5-19-10-14(7-16-19)9-18(4)11-15-6-13(12-20-15)8-17(2)3/h6-7,10,12H,5,8-9,11H2,1-4H3. The van der Waals surface area contributed by atoms with Crippen LogP contribution >= 0.6 is 11.3 Å². The average Bonchev–Trinajstić information content (AvgIpc) is 2.98. The maximum atomic E-state index is 4.32. The van der Waals surface area contributed by atoms with Crippen molar-refractivity contribution in [2.45, 2.75) is 33.1 Å². The van der Waals surface area contributed by atoms with Gasteiger partial charge < -0.3 is 4.90 Å². The Morgan fingerprint density at radius 2 is 1.95 bits per heavy atom. The fraction of sp³-hybridized carbons (Fsp3) is 0.533. The number of thiophene rings is 1. The van der Waals surface area contributed by atoms with E-state index in [1.165, 1.54) is 16.0 Å². The molecule has 0 unspecified atom stereocenters. The van der Waals surface area contributed by atoms with Crippen LogP contribution in [0, 0.1) is 0 Å². The summed E-state index contributed by atoms with van der Waals surface area (Å²) in [7, 11) is 6.37. The number of rotatable bonds is 7. The van der Waals surface area contributed by atoms with Crippen molar-refractivity contribution >= 4 is 11.3 Å². The fourth-order valence-corrected chi connectivity index (χ4v) is 3.21. The lowest BCUT2D eigenvalue weighted by atomic mass is 10.3. The van der Waals surface area contributed by atoms with Gasteiger partial charge in [-0.25, -0.2) is 0 Å². The van der Waals surface area contributed by atoms with Gasteiger partial charge in [-0.05, 0) is 45.1 Å². The van der Waals surface area contributed by atoms with E-state index in [0.29, 0.717) is 0 Å². The van der Waals surface area contributed by atoms with Gasteiger partial charge in [0.05, 0.1) is 6.20 Å². The lowest BCUT2D eigenvalue weighted by molar-refractivity contribution is 0.321. The van der Waals surface area contributed by atoms with Crippen LogP contribution in [-0.2, 0) is 26.2 Å². The molecule has 0 spiro atoms. The van der Waals surface area contributed by atoms with Crippen LogP contribution in [0.2, 0.25) is 0 Å². The molecule has 4 nitrogen and oxygen atoms in total. The molecule has 2 heterocycles. The SMILES string of the molecule is CCn1cc(CN(C)Cc2cc(CN(C)C)cs2)cn1. The molecule has 0 atom stereocenters. The third-order valence-corrected chi connectivity index (χ3v) is 4.07. The van der Waals surface area contributed by atoms with E-state index in [0.717, 1.165) is 26.2 Å². The first-order valence-corrected chi connectivity index (χ1v) is 7.85. The molecular formula is C15H24N4S. The van der Waals surface area contributed by atoms with Crippen LogP contribution in [-0.4, -0.2) is 40.7 Å². The Morgan fingerprint density at radius 3 is 2.60 bits per heavy atom. The molecule has 0 aliphatic rings. The van der Waals surface area contributed by atoms with Crippen LogP contribution in [0.15, 0.2) is 23.8 Å². The van der Waals surface area contributed by atoms with Crippen LogP contribution in [0.5, 0.6) is 0 Å². The molecule has 0 saturated carbocycles. The normalized spacial score (nSPS) is 11.7. The van der Waals surface area contributed by atoms with Crippen LogP contribution < -0.4 is 0 Å². The van der Waals surface area contributed by atoms with Gasteiger partial charge in [-0.1, -0.05) is 0 Å². The summed E-state index contributed by atoms with van der Waals surface area (Å²) in [6, 6.07) is 2.32. The predicted octanol–water partition coefficient (Wildman–Crippen LogP) is 2.66. The third kappa shape index (κ3) is 4.44. The zero-order chi connectivity index (χ0) is 14.5. The highest BCUT2D eigenvalue weighted by atomic mass is 32.1. The Kier molecular flexibility index (Phi) is 5.34. The molecule has 0 N–H and O–H groups in total. The summed E-state index contributed by atoms with van der Waals surface area (Å²) in [4.78, 5) is 5.96. The van der Waals surface area contributed by atoms with E-state index in [9.17, 15) is 0 Å². The maximum absolute atomic E-state index is 4.32. The molecule has 2 rings (SSSR count). The summed E-state index contributed by atoms with van der Waals surface area (Å²) in [5.74, 6) is 0. The van der Waals surface area contributed by atoms with E-state index < -0.39 is 0 Å². The molecule has 110 valence electrons. The highest BCUT2D eigenvalue weighted by molar-refractivity contribution is 7.10. The zero-order valence-corrected chi connectivity index (χ0v) is 13.7. The van der Waals surface area contributed by atoms with Gasteiger partial charge in [0.25, 0.3) is 0 Å². The smallest absolute Gasteiger partial charge is 0.0534 e. The van der Waals surface area contributed by atoms with Gasteiger partial charge in [0.15, 0.2) is 0 Å². The Bertz CT molecular complexity index is 529. The van der Waals surface area contributed by atoms with E-state index in [4.69, 9.17) is 0 Å². The maximum Gasteiger partial charge on any atom is 0.0534 e. The summed E-state index contributed by atoms with van der Waals surface area (Å²) >= 11 is 1.85. The molecule has 0 bridgehead atoms. The fourth-order valence-electron chi connectivity index (χ4n) is 2.25. The van der Waals surface area contributed by atoms with Gasteiger partial charge in [0, 0.05) is 42.8 Å². The van der Waals surface area contributed by atoms with Crippen LogP contribution in [0.1, 0.15) is 22.9 Å². The Hall–Kier alpha value is -1.17. The summed E-state index contributed by atoms with van der Waals surface area (Å²) in [5.41, 5.74) is 2.68. The molecule has 20 heavy (non-hydrogen) atoms. The van der Waals surface area contributed by atoms with Gasteiger partial charge in [0.1, 0.15) is 0 Å². The van der Waals surface area contributed by atoms with E-state index in [1.54, 1.807) is 0 Å². The number of aromatic nitrogens is 2. The second-order valence-corrected chi connectivity index (χ2v) is 6.53. The Balaban J connectivity index is 1.87. The molecule has 5 heteroatoms. The van der Waals surface area contributed by atoms with Crippen LogP contribution in [0.3, 0.4) is 0 Å². The van der Waals surface area contributed by atoms with Crippen molar-refractivity contribution in [2.24, 2.45) is 0 Å². The highest BCUT2D eigenvalue weighted by Crippen LogP contribution is 2.18. The summed E-state index contributed by atoms with van der Waals surface area (Å²) in [6.45, 7) is 6.00. The second kappa shape index (κ2) is 7.02. The molecule has 0 aromatic carbocycles. The average molecular weight is 292 g/mol. The Morgan fingerprint density at radius 1 is 1.15 bits per heavy atom. The minimum atomic E-state index is 0.933. The van der Waals surface area contributed by atoms with Gasteiger partial charge in [0.2, 0.25) is 0 Å². The largest absolute Gasteiger partial charge is 0.305 e. The Labute approximate surface area is 125 Å². The lowest BCUT2D eigenvalue weighted by Crippen LogP contribution is -2.16. The van der Waals surface area contributed by atoms with E-state index in [-0.39, 0.29) is 0 Å². The predicted molar refractivity (Wildman–Crippen MR) is 84.8 cm³/mol. The quantitative estimate of drug-likeness (QED) is 0.784. The van der Waals surface area contributed by atoms with Crippen molar-refractivity contribution in [3.05, 3.63) is 39.8 Å². The third-order valence-electron chi connectivity index (χ3n) is 3.10. The molecule has 0 fully saturated rings. The highest BCUT2D eigenvalue weighted by Gasteiger charge is 2.06. The van der Waals surface area contributed by atoms with Crippen molar-refractivity contribution in [2.75, 3.05) is 21.1 Å². The summed E-state index contributed by atoms with van der Waals surface area (Å²) in [6.07, 6.45) is 4.09. The van der Waals surface area contributed by atoms with Crippen LogP contribution in [0.4, 0.5) is 0 Å². The van der Waals surface area contributed by atoms with Crippen molar-refractivity contribution in [3.8, 4) is 0 Å². The topological polar surface area (TPSA) is 24.3 Å². The minimum Gasteiger partial charge on any atom is -0.305 e. The first-order chi connectivity index (χ1) is 9.56. The monoisotopic (exact) mass is 292 g/mol. The van der Waals surface area contributed by atoms with Gasteiger partial charge in [-0.15, -0.1) is 11.3 Å².